The lowest BCUT2D eigenvalue weighted by atomic mass is 10.1. The second-order valence-electron chi connectivity index (χ2n) is 5.02. The van der Waals surface area contributed by atoms with Crippen molar-refractivity contribution in [3.05, 3.63) is 28.2 Å². The third-order valence-corrected chi connectivity index (χ3v) is 4.07. The van der Waals surface area contributed by atoms with Gasteiger partial charge in [0.05, 0.1) is 6.54 Å². The van der Waals surface area contributed by atoms with Gasteiger partial charge in [-0.1, -0.05) is 0 Å². The summed E-state index contributed by atoms with van der Waals surface area (Å²) < 4.78 is 25.2. The molecule has 6 N–H and O–H groups in total. The van der Waals surface area contributed by atoms with Crippen LogP contribution >= 0.6 is 0 Å². The monoisotopic (exact) mass is 374 g/mol. The predicted octanol–water partition coefficient (Wildman–Crippen LogP) is -3.22. The lowest BCUT2D eigenvalue weighted by Gasteiger charge is -2.33. The molecule has 1 unspecified atom stereocenters. The third kappa shape index (κ3) is 3.93. The number of carbonyl (C=O) groups is 3. The van der Waals surface area contributed by atoms with Gasteiger partial charge in [0, 0.05) is 19.3 Å². The summed E-state index contributed by atoms with van der Waals surface area (Å²) in [6.07, 6.45) is 0.860. The van der Waals surface area contributed by atoms with E-state index in [1.165, 1.54) is 4.72 Å². The van der Waals surface area contributed by atoms with Crippen LogP contribution in [-0.4, -0.2) is 65.9 Å². The fourth-order valence-corrected chi connectivity index (χ4v) is 2.65. The number of imide groups is 1. The van der Waals surface area contributed by atoms with Gasteiger partial charge >= 0.3 is 16.2 Å². The number of pyridine rings is 1. The minimum Gasteiger partial charge on any atom is -0.503 e. The van der Waals surface area contributed by atoms with Crippen LogP contribution in [0.2, 0.25) is 0 Å². The molecule has 14 heteroatoms. The summed E-state index contributed by atoms with van der Waals surface area (Å²) in [5.41, 5.74) is 4.12. The van der Waals surface area contributed by atoms with Gasteiger partial charge in [-0.05, 0) is 0 Å². The molecule has 4 amide bonds. The lowest BCUT2D eigenvalue weighted by molar-refractivity contribution is -0.137. The molecule has 1 atom stereocenters. The van der Waals surface area contributed by atoms with Crippen molar-refractivity contribution in [2.45, 2.75) is 6.04 Å². The van der Waals surface area contributed by atoms with Crippen LogP contribution in [0.15, 0.2) is 17.1 Å². The molecule has 0 spiro atoms. The van der Waals surface area contributed by atoms with Gasteiger partial charge in [0.25, 0.3) is 5.91 Å². The number of aromatic hydroxyl groups is 1. The van der Waals surface area contributed by atoms with Gasteiger partial charge in [-0.15, -0.1) is 4.83 Å². The molecule has 1 aliphatic heterocycles. The number of nitrogens with one attached hydrogen (secondary N) is 3. The number of aromatic amines is 1. The predicted molar refractivity (Wildman–Crippen MR) is 81.1 cm³/mol. The maximum absolute atomic E-state index is 12.0. The van der Waals surface area contributed by atoms with Crippen LogP contribution in [0.1, 0.15) is 10.5 Å². The third-order valence-electron chi connectivity index (χ3n) is 3.11. The van der Waals surface area contributed by atoms with Crippen LogP contribution in [0.5, 0.6) is 5.75 Å². The molecule has 0 aromatic carbocycles. The van der Waals surface area contributed by atoms with Crippen LogP contribution in [0.25, 0.3) is 0 Å². The van der Waals surface area contributed by atoms with E-state index in [9.17, 15) is 27.6 Å². The number of urea groups is 1. The van der Waals surface area contributed by atoms with Gasteiger partial charge in [-0.2, -0.15) is 8.42 Å². The number of likely N-dealkylation sites (tertiary alicyclic amines) is 1. The molecule has 2 heterocycles. The highest BCUT2D eigenvalue weighted by molar-refractivity contribution is 7.88. The number of nitrogens with two attached hydrogens (primary N) is 1. The van der Waals surface area contributed by atoms with Crippen molar-refractivity contribution in [1.82, 2.24) is 24.4 Å². The van der Waals surface area contributed by atoms with Crippen molar-refractivity contribution in [3.8, 4) is 5.75 Å². The minimum atomic E-state index is -4.53. The smallest absolute Gasteiger partial charge is 0.338 e. The highest BCUT2D eigenvalue weighted by Gasteiger charge is 2.39. The van der Waals surface area contributed by atoms with Crippen molar-refractivity contribution in [3.63, 3.8) is 0 Å². The first kappa shape index (κ1) is 18.4. The largest absolute Gasteiger partial charge is 0.503 e. The zero-order chi connectivity index (χ0) is 18.9. The molecule has 2 rings (SSSR count). The van der Waals surface area contributed by atoms with E-state index in [2.05, 4.69) is 4.98 Å². The topological polar surface area (TPSA) is 195 Å². The second kappa shape index (κ2) is 6.50. The Kier molecular flexibility index (Phi) is 4.78. The van der Waals surface area contributed by atoms with Crippen molar-refractivity contribution in [1.29, 1.82) is 0 Å². The van der Waals surface area contributed by atoms with E-state index < -0.39 is 45.3 Å². The number of hydrogen-bond acceptors (Lipinski definition) is 8. The second-order valence-corrected chi connectivity index (χ2v) is 6.41. The average Bonchev–Trinajstić information content (AvgIpc) is 2.52. The first-order chi connectivity index (χ1) is 11.5. The number of H-pyrrole nitrogens is 1. The maximum atomic E-state index is 12.0. The molecular weight excluding hydrogens is 360 g/mol. The molecule has 1 fully saturated rings. The Bertz CT molecular complexity index is 894. The highest BCUT2D eigenvalue weighted by Crippen LogP contribution is 2.08. The van der Waals surface area contributed by atoms with Gasteiger partial charge in [-0.3, -0.25) is 24.3 Å². The van der Waals surface area contributed by atoms with Gasteiger partial charge in [-0.25, -0.2) is 9.52 Å². The van der Waals surface area contributed by atoms with E-state index in [4.69, 9.17) is 10.8 Å². The van der Waals surface area contributed by atoms with E-state index >= 15 is 0 Å². The quantitative estimate of drug-likeness (QED) is 0.268. The Labute approximate surface area is 140 Å². The van der Waals surface area contributed by atoms with Gasteiger partial charge in [0.1, 0.15) is 11.7 Å². The number of hydrazine groups is 1. The Morgan fingerprint density at radius 3 is 2.60 bits per heavy atom. The first-order valence-corrected chi connectivity index (χ1v) is 8.11. The molecule has 1 aliphatic rings. The van der Waals surface area contributed by atoms with Crippen molar-refractivity contribution >= 4 is 28.1 Å². The zero-order valence-electron chi connectivity index (χ0n) is 12.7. The number of carbonyl (C=O) groups excluding carboxylic acids is 3. The SMILES string of the molecule is CN(NS(=O)(=O)NC(=O)N1CC(N)C1=O)C(=O)c1cc(=O)c(O)c[nH]1. The molecule has 0 saturated carbocycles. The summed E-state index contributed by atoms with van der Waals surface area (Å²) in [5, 5.41) is 9.58. The van der Waals surface area contributed by atoms with E-state index in [-0.39, 0.29) is 12.2 Å². The molecule has 25 heavy (non-hydrogen) atoms. The number of hydrogen-bond donors (Lipinski definition) is 5. The van der Waals surface area contributed by atoms with E-state index in [1.54, 1.807) is 4.83 Å². The van der Waals surface area contributed by atoms with E-state index in [0.717, 1.165) is 19.3 Å². The molecule has 0 radical (unpaired) electrons. The summed E-state index contributed by atoms with van der Waals surface area (Å²) in [4.78, 5) is 50.8. The van der Waals surface area contributed by atoms with Gasteiger partial charge in [0.15, 0.2) is 5.75 Å². The molecule has 13 nitrogen and oxygen atoms in total. The summed E-state index contributed by atoms with van der Waals surface area (Å²) in [5.74, 6) is -2.33. The Hall–Kier alpha value is -2.97. The van der Waals surface area contributed by atoms with Crippen molar-refractivity contribution in [2.24, 2.45) is 5.73 Å². The Morgan fingerprint density at radius 1 is 1.44 bits per heavy atom. The van der Waals surface area contributed by atoms with Crippen LogP contribution in [0, 0.1) is 0 Å². The van der Waals surface area contributed by atoms with E-state index in [0.29, 0.717) is 9.91 Å². The highest BCUT2D eigenvalue weighted by atomic mass is 32.2. The van der Waals surface area contributed by atoms with Crippen LogP contribution < -0.4 is 20.7 Å². The summed E-state index contributed by atoms with van der Waals surface area (Å²) in [6.45, 7) is -0.135. The Balaban J connectivity index is 2.02. The fourth-order valence-electron chi connectivity index (χ4n) is 1.82. The summed E-state index contributed by atoms with van der Waals surface area (Å²) in [7, 11) is -3.52. The standard InChI is InChI=1S/C11H14N6O7S/c1-16(10(21)6-2-7(18)8(19)3-13-6)15-25(23,24)14-11(22)17-4-5(12)9(17)20/h2-3,5,15,19H,4,12H2,1H3,(H,13,18)(H,14,22). The number of nitrogens with zero attached hydrogens (tertiary/aromatic N) is 2. The van der Waals surface area contributed by atoms with Gasteiger partial charge < -0.3 is 15.8 Å². The summed E-state index contributed by atoms with van der Waals surface area (Å²) >= 11 is 0. The van der Waals surface area contributed by atoms with Crippen LogP contribution in [-0.2, 0) is 15.0 Å². The molecule has 1 saturated heterocycles. The number of aromatic nitrogens is 1. The first-order valence-electron chi connectivity index (χ1n) is 6.62. The molecule has 1 aromatic rings. The Morgan fingerprint density at radius 2 is 2.08 bits per heavy atom. The zero-order valence-corrected chi connectivity index (χ0v) is 13.5. The molecular formula is C11H14N6O7S. The van der Waals surface area contributed by atoms with Gasteiger partial charge in [0.2, 0.25) is 11.3 Å². The number of amides is 4. The molecule has 136 valence electrons. The normalized spacial score (nSPS) is 17.0. The molecule has 0 aliphatic carbocycles. The molecule has 1 aromatic heterocycles. The van der Waals surface area contributed by atoms with Crippen LogP contribution in [0.3, 0.4) is 0 Å². The van der Waals surface area contributed by atoms with Crippen molar-refractivity contribution in [2.75, 3.05) is 13.6 Å². The summed E-state index contributed by atoms with van der Waals surface area (Å²) in [6, 6.07) is -1.32. The fraction of sp³-hybridized carbons (Fsp3) is 0.273. The van der Waals surface area contributed by atoms with Crippen LogP contribution in [0.4, 0.5) is 4.79 Å². The number of β-lactam (4-membered cyclic amide) rings is 1. The lowest BCUT2D eigenvalue weighted by Crippen LogP contribution is -2.66. The van der Waals surface area contributed by atoms with E-state index in [1.807, 2.05) is 0 Å². The van der Waals surface area contributed by atoms with Crippen molar-refractivity contribution < 1.29 is 27.9 Å². The number of rotatable bonds is 4. The minimum absolute atomic E-state index is 0.135. The maximum Gasteiger partial charge on any atom is 0.338 e. The molecule has 0 bridgehead atoms. The average molecular weight is 374 g/mol.